The Morgan fingerprint density at radius 1 is 1.00 bits per heavy atom. The number of hydrogen-bond donors (Lipinski definition) is 0. The van der Waals surface area contributed by atoms with Crippen LogP contribution in [0.5, 0.6) is 0 Å². The minimum Gasteiger partial charge on any atom is 0 e. The number of hydrogen-bond acceptors (Lipinski definition) is 0. The van der Waals surface area contributed by atoms with Crippen LogP contribution >= 0.6 is 0 Å². The van der Waals surface area contributed by atoms with E-state index in [0.29, 0.717) is 0 Å². The SMILES string of the molecule is [AlH2].[Co].[Fe].[Ni]. The fraction of sp³-hybridized carbons (Fsp3) is 0. The molecule has 0 aromatic heterocycles. The van der Waals surface area contributed by atoms with Gasteiger partial charge in [0.15, 0.2) is 0 Å². The zero-order chi connectivity index (χ0) is 0. The first-order valence-corrected chi connectivity index (χ1v) is 0. The predicted octanol–water partition coefficient (Wildman–Crippen LogP) is -0.924. The fourth-order valence-corrected chi connectivity index (χ4v) is 0. The summed E-state index contributed by atoms with van der Waals surface area (Å²) in [5, 5.41) is 0. The van der Waals surface area contributed by atoms with E-state index < -0.39 is 0 Å². The summed E-state index contributed by atoms with van der Waals surface area (Å²) in [4.78, 5) is 0. The zero-order valence-corrected chi connectivity index (χ0v) is 7.14. The first-order chi connectivity index (χ1) is 0. The summed E-state index contributed by atoms with van der Waals surface area (Å²) >= 11 is 0. The van der Waals surface area contributed by atoms with E-state index in [2.05, 4.69) is 0 Å². The smallest absolute Gasteiger partial charge is 0 e. The molecule has 0 unspecified atom stereocenters. The molecule has 0 amide bonds. The van der Waals surface area contributed by atoms with Gasteiger partial charge in [-0.2, -0.15) is 0 Å². The van der Waals surface area contributed by atoms with E-state index in [1.165, 1.54) is 0 Å². The van der Waals surface area contributed by atoms with Gasteiger partial charge < -0.3 is 0 Å². The summed E-state index contributed by atoms with van der Waals surface area (Å²) < 4.78 is 0. The number of rotatable bonds is 0. The first-order valence-electron chi connectivity index (χ1n) is 0. The Labute approximate surface area is 67.2 Å². The molecule has 0 N–H and O–H groups in total. The maximum absolute atomic E-state index is 0. The minimum atomic E-state index is 0. The Morgan fingerprint density at radius 2 is 1.00 bits per heavy atom. The van der Waals surface area contributed by atoms with E-state index in [9.17, 15) is 0 Å². The van der Waals surface area contributed by atoms with E-state index in [0.717, 1.165) is 0 Å². The monoisotopic (exact) mass is 202 g/mol. The van der Waals surface area contributed by atoms with Crippen molar-refractivity contribution in [3.8, 4) is 0 Å². The Morgan fingerprint density at radius 3 is 1.00 bits per heavy atom. The molecule has 0 atom stereocenters. The van der Waals surface area contributed by atoms with Gasteiger partial charge in [0, 0.05) is 50.3 Å². The van der Waals surface area contributed by atoms with Crippen LogP contribution in [0.4, 0.5) is 0 Å². The van der Waals surface area contributed by atoms with Gasteiger partial charge in [-0.05, 0) is 0 Å². The van der Waals surface area contributed by atoms with E-state index >= 15 is 0 Å². The molecule has 0 nitrogen and oxygen atoms in total. The predicted molar refractivity (Wildman–Crippen MR) is 8.54 cm³/mol. The van der Waals surface area contributed by atoms with Crippen molar-refractivity contribution in [1.29, 1.82) is 0 Å². The van der Waals surface area contributed by atoms with Gasteiger partial charge in [-0.3, -0.25) is 0 Å². The van der Waals surface area contributed by atoms with Crippen LogP contribution in [-0.4, -0.2) is 17.4 Å². The van der Waals surface area contributed by atoms with Crippen molar-refractivity contribution in [2.24, 2.45) is 0 Å². The van der Waals surface area contributed by atoms with Crippen molar-refractivity contribution in [2.75, 3.05) is 0 Å². The van der Waals surface area contributed by atoms with Crippen molar-refractivity contribution in [2.45, 2.75) is 0 Å². The van der Waals surface area contributed by atoms with Crippen LogP contribution in [0.3, 0.4) is 0 Å². The van der Waals surface area contributed by atoms with E-state index in [1.807, 2.05) is 0 Å². The molecule has 0 saturated heterocycles. The molecule has 0 bridgehead atoms. The van der Waals surface area contributed by atoms with Gasteiger partial charge in [-0.1, -0.05) is 0 Å². The second-order valence-electron chi connectivity index (χ2n) is 0. The molecule has 0 aromatic rings. The second-order valence-corrected chi connectivity index (χ2v) is 0. The molecule has 0 aliphatic rings. The zero-order valence-electron chi connectivity index (χ0n) is 2.00. The van der Waals surface area contributed by atoms with E-state index in [-0.39, 0.29) is 67.7 Å². The fourth-order valence-electron chi connectivity index (χ4n) is 0. The first kappa shape index (κ1) is 36.7. The van der Waals surface area contributed by atoms with Gasteiger partial charge >= 0.3 is 0 Å². The largest absolute Gasteiger partial charge is 0.146 e. The molecular weight excluding hydrogens is 200 g/mol. The Balaban J connectivity index is 0. The molecule has 4 heavy (non-hydrogen) atoms. The van der Waals surface area contributed by atoms with Crippen LogP contribution < -0.4 is 0 Å². The van der Waals surface area contributed by atoms with Gasteiger partial charge in [0.2, 0.25) is 0 Å². The summed E-state index contributed by atoms with van der Waals surface area (Å²) in [7, 11) is 0. The van der Waals surface area contributed by atoms with Crippen LogP contribution in [0, 0.1) is 0 Å². The Kier molecular flexibility index (Phi) is 181. The van der Waals surface area contributed by atoms with Gasteiger partial charge in [0.05, 0.1) is 0 Å². The maximum atomic E-state index is 0. The molecule has 0 fully saturated rings. The van der Waals surface area contributed by atoms with Crippen LogP contribution in [0.2, 0.25) is 0 Å². The third kappa shape index (κ3) is 8.96. The molecule has 0 saturated carbocycles. The third-order valence-corrected chi connectivity index (χ3v) is 0. The normalized spacial score (nSPS) is 0. The quantitative estimate of drug-likeness (QED) is 0.446. The van der Waals surface area contributed by atoms with E-state index in [1.54, 1.807) is 0 Å². The average Bonchev–Trinajstić information content (AvgIpc) is 0. The van der Waals surface area contributed by atoms with Crippen molar-refractivity contribution in [3.63, 3.8) is 0 Å². The molecular formula is H2AlCoFeNi. The maximum Gasteiger partial charge on any atom is 0.146 e. The summed E-state index contributed by atoms with van der Waals surface area (Å²) in [5.74, 6) is 0. The molecule has 0 heterocycles. The van der Waals surface area contributed by atoms with Crippen molar-refractivity contribution < 1.29 is 50.3 Å². The molecule has 4 heteroatoms. The summed E-state index contributed by atoms with van der Waals surface area (Å²) in [6.45, 7) is 0. The molecule has 0 rings (SSSR count). The van der Waals surface area contributed by atoms with Gasteiger partial charge in [0.1, 0.15) is 17.4 Å². The average molecular weight is 202 g/mol. The van der Waals surface area contributed by atoms with Crippen molar-refractivity contribution in [3.05, 3.63) is 0 Å². The standard InChI is InChI=1S/Al.Co.Fe.Ni.2H. The molecule has 32 valence electrons. The van der Waals surface area contributed by atoms with Crippen LogP contribution in [0.1, 0.15) is 0 Å². The summed E-state index contributed by atoms with van der Waals surface area (Å²) in [6.07, 6.45) is 0. The van der Waals surface area contributed by atoms with Gasteiger partial charge in [0.25, 0.3) is 0 Å². The topological polar surface area (TPSA) is 0 Å². The van der Waals surface area contributed by atoms with Gasteiger partial charge in [-0.15, -0.1) is 0 Å². The Hall–Kier alpha value is 2.05. The molecule has 2 radical (unpaired) electrons. The molecule has 0 aliphatic heterocycles. The Bertz CT molecular complexity index is 8.00. The van der Waals surface area contributed by atoms with Crippen molar-refractivity contribution >= 4 is 17.4 Å². The third-order valence-electron chi connectivity index (χ3n) is 0. The van der Waals surface area contributed by atoms with E-state index in [4.69, 9.17) is 0 Å². The van der Waals surface area contributed by atoms with Gasteiger partial charge in [-0.25, -0.2) is 0 Å². The summed E-state index contributed by atoms with van der Waals surface area (Å²) in [5.41, 5.74) is 0. The molecule has 0 spiro atoms. The minimum absolute atomic E-state index is 0. The second kappa shape index (κ2) is 19.7. The summed E-state index contributed by atoms with van der Waals surface area (Å²) in [6, 6.07) is 0. The molecule has 0 aliphatic carbocycles. The van der Waals surface area contributed by atoms with Crippen LogP contribution in [0.25, 0.3) is 0 Å². The van der Waals surface area contributed by atoms with Crippen molar-refractivity contribution in [1.82, 2.24) is 0 Å². The van der Waals surface area contributed by atoms with Crippen LogP contribution in [-0.2, 0) is 50.3 Å². The molecule has 0 aromatic carbocycles. The van der Waals surface area contributed by atoms with Crippen LogP contribution in [0.15, 0.2) is 0 Å².